The number of rotatable bonds is 3. The number of hydrogen-bond donors (Lipinski definition) is 2. The molecule has 0 spiro atoms. The van der Waals surface area contributed by atoms with Gasteiger partial charge in [-0.1, -0.05) is 12.1 Å². The van der Waals surface area contributed by atoms with E-state index in [2.05, 4.69) is 38.7 Å². The fourth-order valence-corrected chi connectivity index (χ4v) is 2.70. The summed E-state index contributed by atoms with van der Waals surface area (Å²) in [4.78, 5) is 5.84. The number of hydrogen-bond acceptors (Lipinski definition) is 3. The van der Waals surface area contributed by atoms with Gasteiger partial charge in [0, 0.05) is 12.7 Å². The summed E-state index contributed by atoms with van der Waals surface area (Å²) < 4.78 is 0. The topological polar surface area (TPSA) is 81.1 Å². The molecule has 0 atom stereocenters. The molecule has 6 heteroatoms. The van der Waals surface area contributed by atoms with Crippen LogP contribution in [0.5, 0.6) is 0 Å². The third-order valence-electron chi connectivity index (χ3n) is 3.72. The van der Waals surface area contributed by atoms with Crippen LogP contribution in [0.15, 0.2) is 29.4 Å². The third-order valence-corrected chi connectivity index (χ3v) is 3.72. The van der Waals surface area contributed by atoms with E-state index in [-0.39, 0.29) is 0 Å². The first-order chi connectivity index (χ1) is 10.2. The molecule has 1 aliphatic carbocycles. The number of nitrogens with zero attached hydrogens (tertiary/aromatic N) is 4. The van der Waals surface area contributed by atoms with E-state index >= 15 is 0 Å². The zero-order valence-electron chi connectivity index (χ0n) is 12.2. The Labute approximate surface area is 124 Å². The Morgan fingerprint density at radius 2 is 2.24 bits per heavy atom. The Morgan fingerprint density at radius 1 is 1.38 bits per heavy atom. The highest BCUT2D eigenvalue weighted by Gasteiger charge is 2.13. The van der Waals surface area contributed by atoms with Crippen molar-refractivity contribution in [3.63, 3.8) is 0 Å². The second-order valence-electron chi connectivity index (χ2n) is 5.30. The average Bonchev–Trinajstić information content (AvgIpc) is 2.91. The molecular formula is C15H20N6. The van der Waals surface area contributed by atoms with E-state index in [4.69, 9.17) is 5.73 Å². The van der Waals surface area contributed by atoms with Crippen LogP contribution in [0, 0.1) is 0 Å². The maximum absolute atomic E-state index is 5.98. The number of aliphatic imine (C=N–C) groups is 1. The minimum absolute atomic E-state index is 0.416. The minimum Gasteiger partial charge on any atom is -0.370 e. The highest BCUT2D eigenvalue weighted by atomic mass is 15.4. The lowest BCUT2D eigenvalue weighted by Gasteiger charge is -2.19. The molecule has 3 N–H and O–H groups in total. The molecule has 1 aliphatic rings. The van der Waals surface area contributed by atoms with Crippen LogP contribution in [0.2, 0.25) is 0 Å². The standard InChI is InChI=1S/C15H20N6/c1-21-18-10-12(20-21)9-17-15(16)19-14-8-4-6-11-5-2-3-7-13(11)14/h4,6,8,10H,2-3,5,7,9H2,1H3,(H3,16,17,19). The molecule has 0 saturated heterocycles. The molecule has 0 radical (unpaired) electrons. The average molecular weight is 284 g/mol. The number of benzene rings is 1. The van der Waals surface area contributed by atoms with Crippen molar-refractivity contribution in [3.05, 3.63) is 41.2 Å². The molecule has 0 fully saturated rings. The minimum atomic E-state index is 0.416. The molecule has 0 bridgehead atoms. The Kier molecular flexibility index (Phi) is 3.85. The van der Waals surface area contributed by atoms with E-state index in [1.54, 1.807) is 13.2 Å². The summed E-state index contributed by atoms with van der Waals surface area (Å²) >= 11 is 0. The van der Waals surface area contributed by atoms with Crippen molar-refractivity contribution < 1.29 is 0 Å². The molecule has 1 aromatic carbocycles. The van der Waals surface area contributed by atoms with Crippen LogP contribution in [0.25, 0.3) is 0 Å². The van der Waals surface area contributed by atoms with Crippen molar-refractivity contribution in [2.24, 2.45) is 17.8 Å². The molecule has 0 amide bonds. The van der Waals surface area contributed by atoms with E-state index in [9.17, 15) is 0 Å². The smallest absolute Gasteiger partial charge is 0.193 e. The van der Waals surface area contributed by atoms with Crippen LogP contribution >= 0.6 is 0 Å². The predicted molar refractivity (Wildman–Crippen MR) is 83.0 cm³/mol. The van der Waals surface area contributed by atoms with Crippen LogP contribution in [-0.2, 0) is 26.4 Å². The van der Waals surface area contributed by atoms with E-state index in [0.717, 1.165) is 24.2 Å². The Hall–Kier alpha value is -2.37. The number of nitrogens with two attached hydrogens (primary N) is 1. The number of aryl methyl sites for hydroxylation is 2. The molecule has 21 heavy (non-hydrogen) atoms. The van der Waals surface area contributed by atoms with Gasteiger partial charge in [-0.15, -0.1) is 0 Å². The summed E-state index contributed by atoms with van der Waals surface area (Å²) in [7, 11) is 1.78. The van der Waals surface area contributed by atoms with Gasteiger partial charge >= 0.3 is 0 Å². The number of guanidine groups is 1. The van der Waals surface area contributed by atoms with Gasteiger partial charge in [-0.2, -0.15) is 15.0 Å². The van der Waals surface area contributed by atoms with Gasteiger partial charge in [-0.25, -0.2) is 4.99 Å². The van der Waals surface area contributed by atoms with Gasteiger partial charge in [-0.05, 0) is 42.9 Å². The molecule has 6 nitrogen and oxygen atoms in total. The summed E-state index contributed by atoms with van der Waals surface area (Å²) in [5, 5.41) is 11.4. The van der Waals surface area contributed by atoms with Crippen LogP contribution < -0.4 is 11.1 Å². The van der Waals surface area contributed by atoms with Gasteiger partial charge in [0.1, 0.15) is 5.69 Å². The first-order valence-corrected chi connectivity index (χ1v) is 7.25. The normalized spacial score (nSPS) is 14.8. The molecule has 110 valence electrons. The maximum Gasteiger partial charge on any atom is 0.193 e. The Balaban J connectivity index is 1.71. The van der Waals surface area contributed by atoms with Crippen molar-refractivity contribution in [2.45, 2.75) is 32.2 Å². The maximum atomic E-state index is 5.98. The Morgan fingerprint density at radius 3 is 3.05 bits per heavy atom. The zero-order valence-corrected chi connectivity index (χ0v) is 12.2. The van der Waals surface area contributed by atoms with Crippen LogP contribution in [0.4, 0.5) is 5.69 Å². The van der Waals surface area contributed by atoms with Gasteiger partial charge in [0.05, 0.1) is 12.7 Å². The van der Waals surface area contributed by atoms with Crippen molar-refractivity contribution in [1.29, 1.82) is 0 Å². The zero-order chi connectivity index (χ0) is 14.7. The van der Waals surface area contributed by atoms with Gasteiger partial charge < -0.3 is 11.1 Å². The van der Waals surface area contributed by atoms with Crippen LogP contribution in [0.1, 0.15) is 29.7 Å². The highest BCUT2D eigenvalue weighted by Crippen LogP contribution is 2.27. The van der Waals surface area contributed by atoms with Crippen molar-refractivity contribution in [1.82, 2.24) is 15.0 Å². The summed E-state index contributed by atoms with van der Waals surface area (Å²) in [6.45, 7) is 0.432. The highest BCUT2D eigenvalue weighted by molar-refractivity contribution is 5.93. The van der Waals surface area contributed by atoms with Crippen LogP contribution in [-0.4, -0.2) is 21.0 Å². The molecule has 0 unspecified atom stereocenters. The molecule has 2 aromatic rings. The second-order valence-corrected chi connectivity index (χ2v) is 5.30. The predicted octanol–water partition coefficient (Wildman–Crippen LogP) is 1.62. The lowest BCUT2D eigenvalue weighted by molar-refractivity contribution is 0.645. The summed E-state index contributed by atoms with van der Waals surface area (Å²) in [5.74, 6) is 0.416. The second kappa shape index (κ2) is 5.95. The summed E-state index contributed by atoms with van der Waals surface area (Å²) in [6, 6.07) is 6.34. The molecule has 0 saturated carbocycles. The number of fused-ring (bicyclic) bond motifs is 1. The quantitative estimate of drug-likeness (QED) is 0.663. The summed E-state index contributed by atoms with van der Waals surface area (Å²) in [6.07, 6.45) is 6.47. The number of aromatic nitrogens is 3. The van der Waals surface area contributed by atoms with Gasteiger partial charge in [0.15, 0.2) is 5.96 Å². The van der Waals surface area contributed by atoms with Crippen molar-refractivity contribution in [2.75, 3.05) is 5.32 Å². The number of anilines is 1. The SMILES string of the molecule is Cn1ncc(CN=C(N)Nc2cccc3c2CCCC3)n1. The van der Waals surface area contributed by atoms with Gasteiger partial charge in [0.2, 0.25) is 0 Å². The van der Waals surface area contributed by atoms with Crippen LogP contribution in [0.3, 0.4) is 0 Å². The van der Waals surface area contributed by atoms with E-state index < -0.39 is 0 Å². The largest absolute Gasteiger partial charge is 0.370 e. The van der Waals surface area contributed by atoms with Gasteiger partial charge in [-0.3, -0.25) is 0 Å². The van der Waals surface area contributed by atoms with E-state index in [1.807, 2.05) is 0 Å². The fraction of sp³-hybridized carbons (Fsp3) is 0.400. The molecule has 3 rings (SSSR count). The first-order valence-electron chi connectivity index (χ1n) is 7.25. The van der Waals surface area contributed by atoms with Crippen molar-refractivity contribution in [3.8, 4) is 0 Å². The van der Waals surface area contributed by atoms with Gasteiger partial charge in [0.25, 0.3) is 0 Å². The molecular weight excluding hydrogens is 264 g/mol. The molecule has 1 heterocycles. The third kappa shape index (κ3) is 3.21. The van der Waals surface area contributed by atoms with Crippen molar-refractivity contribution >= 4 is 11.6 Å². The first kappa shape index (κ1) is 13.6. The Bertz CT molecular complexity index is 658. The van der Waals surface area contributed by atoms with E-state index in [0.29, 0.717) is 12.5 Å². The molecule has 0 aliphatic heterocycles. The fourth-order valence-electron chi connectivity index (χ4n) is 2.70. The lowest BCUT2D eigenvalue weighted by atomic mass is 9.90. The summed E-state index contributed by atoms with van der Waals surface area (Å²) in [5.41, 5.74) is 10.7. The van der Waals surface area contributed by atoms with E-state index in [1.165, 1.54) is 28.8 Å². The monoisotopic (exact) mass is 284 g/mol. The lowest BCUT2D eigenvalue weighted by Crippen LogP contribution is -2.24. The molecule has 1 aromatic heterocycles. The number of nitrogens with one attached hydrogen (secondary N) is 1.